The lowest BCUT2D eigenvalue weighted by atomic mass is 10.1. The van der Waals surface area contributed by atoms with Gasteiger partial charge < -0.3 is 5.73 Å². The number of nitrogens with two attached hydrogens (primary N) is 1. The topological polar surface area (TPSA) is 26.0 Å². The van der Waals surface area contributed by atoms with Crippen molar-refractivity contribution in [3.8, 4) is 0 Å². The first-order valence-electron chi connectivity index (χ1n) is 5.05. The molecule has 1 aliphatic carbocycles. The van der Waals surface area contributed by atoms with Crippen LogP contribution in [0.3, 0.4) is 0 Å². The van der Waals surface area contributed by atoms with E-state index in [1.54, 1.807) is 12.1 Å². The van der Waals surface area contributed by atoms with Gasteiger partial charge in [0, 0.05) is 16.1 Å². The van der Waals surface area contributed by atoms with Gasteiger partial charge in [-0.2, -0.15) is 0 Å². The van der Waals surface area contributed by atoms with E-state index in [1.165, 1.54) is 11.6 Å². The van der Waals surface area contributed by atoms with Crippen LogP contribution in [0.1, 0.15) is 24.8 Å². The number of rotatable bonds is 1. The van der Waals surface area contributed by atoms with Gasteiger partial charge in [0.05, 0.1) is 0 Å². The van der Waals surface area contributed by atoms with Crippen LogP contribution >= 0.6 is 15.9 Å². The maximum atomic E-state index is 13.4. The minimum atomic E-state index is -0.175. The van der Waals surface area contributed by atoms with Gasteiger partial charge in [0.15, 0.2) is 0 Å². The molecule has 1 aliphatic rings. The molecule has 2 rings (SSSR count). The van der Waals surface area contributed by atoms with Crippen LogP contribution in [0.15, 0.2) is 28.2 Å². The van der Waals surface area contributed by atoms with E-state index in [0.29, 0.717) is 5.56 Å². The third kappa shape index (κ3) is 2.67. The van der Waals surface area contributed by atoms with E-state index in [9.17, 15) is 4.39 Å². The smallest absolute Gasteiger partial charge is 0.130 e. The summed E-state index contributed by atoms with van der Waals surface area (Å²) in [6, 6.07) is 5.24. The molecule has 0 spiro atoms. The Morgan fingerprint density at radius 3 is 2.93 bits per heavy atom. The maximum Gasteiger partial charge on any atom is 0.130 e. The van der Waals surface area contributed by atoms with Gasteiger partial charge in [-0.1, -0.05) is 27.6 Å². The number of hydrogen-bond donors (Lipinski definition) is 1. The molecule has 1 nitrogen and oxygen atoms in total. The van der Waals surface area contributed by atoms with E-state index < -0.39 is 0 Å². The first-order valence-corrected chi connectivity index (χ1v) is 5.84. The summed E-state index contributed by atoms with van der Waals surface area (Å²) in [5.41, 5.74) is 7.70. The first kappa shape index (κ1) is 10.8. The summed E-state index contributed by atoms with van der Waals surface area (Å²) in [5, 5.41) is 0. The molecule has 1 aromatic carbocycles. The molecule has 1 atom stereocenters. The summed E-state index contributed by atoms with van der Waals surface area (Å²) in [4.78, 5) is 0. The average Bonchev–Trinajstić information content (AvgIpc) is 2.58. The quantitative estimate of drug-likeness (QED) is 0.830. The van der Waals surface area contributed by atoms with E-state index in [-0.39, 0.29) is 11.9 Å². The summed E-state index contributed by atoms with van der Waals surface area (Å²) in [7, 11) is 0. The lowest BCUT2D eigenvalue weighted by molar-refractivity contribution is 0.624. The molecule has 80 valence electrons. The third-order valence-electron chi connectivity index (χ3n) is 2.68. The van der Waals surface area contributed by atoms with Crippen LogP contribution in [0.25, 0.3) is 6.08 Å². The second kappa shape index (κ2) is 4.45. The van der Waals surface area contributed by atoms with Crippen molar-refractivity contribution < 1.29 is 4.39 Å². The van der Waals surface area contributed by atoms with Gasteiger partial charge in [-0.15, -0.1) is 0 Å². The average molecular weight is 270 g/mol. The predicted molar refractivity (Wildman–Crippen MR) is 63.9 cm³/mol. The van der Waals surface area contributed by atoms with Crippen LogP contribution < -0.4 is 5.73 Å². The summed E-state index contributed by atoms with van der Waals surface area (Å²) < 4.78 is 14.3. The second-order valence-electron chi connectivity index (χ2n) is 3.97. The van der Waals surface area contributed by atoms with Gasteiger partial charge in [0.2, 0.25) is 0 Å². The fourth-order valence-electron chi connectivity index (χ4n) is 1.89. The monoisotopic (exact) mass is 269 g/mol. The highest BCUT2D eigenvalue weighted by molar-refractivity contribution is 9.10. The van der Waals surface area contributed by atoms with Gasteiger partial charge in [-0.25, -0.2) is 4.39 Å². The molecule has 1 fully saturated rings. The van der Waals surface area contributed by atoms with Crippen molar-refractivity contribution in [3.05, 3.63) is 39.6 Å². The molecule has 0 aromatic heterocycles. The van der Waals surface area contributed by atoms with Gasteiger partial charge in [-0.3, -0.25) is 0 Å². The Hall–Kier alpha value is -0.670. The van der Waals surface area contributed by atoms with Crippen molar-refractivity contribution in [1.29, 1.82) is 0 Å². The summed E-state index contributed by atoms with van der Waals surface area (Å²) >= 11 is 3.34. The SMILES string of the molecule is NC1CCC(=Cc2cc(Br)ccc2F)C1. The zero-order chi connectivity index (χ0) is 10.8. The lowest BCUT2D eigenvalue weighted by Crippen LogP contribution is -2.13. The molecule has 0 aliphatic heterocycles. The van der Waals surface area contributed by atoms with E-state index in [1.807, 2.05) is 6.08 Å². The molecule has 0 heterocycles. The Kier molecular flexibility index (Phi) is 3.22. The Morgan fingerprint density at radius 1 is 1.47 bits per heavy atom. The molecule has 0 saturated heterocycles. The standard InChI is InChI=1S/C12H13BrFN/c13-10-2-4-12(14)9(7-10)5-8-1-3-11(15)6-8/h2,4-5,7,11H,1,3,6,15H2. The molecular formula is C12H13BrFN. The molecular weight excluding hydrogens is 257 g/mol. The molecule has 1 aromatic rings. The Labute approximate surface area is 97.3 Å². The molecule has 2 N–H and O–H groups in total. The van der Waals surface area contributed by atoms with Crippen LogP contribution in [0.2, 0.25) is 0 Å². The predicted octanol–water partition coefficient (Wildman–Crippen LogP) is 3.48. The minimum Gasteiger partial charge on any atom is -0.327 e. The molecule has 0 bridgehead atoms. The molecule has 15 heavy (non-hydrogen) atoms. The lowest BCUT2D eigenvalue weighted by Gasteiger charge is -2.01. The maximum absolute atomic E-state index is 13.4. The van der Waals surface area contributed by atoms with Crippen molar-refractivity contribution in [3.63, 3.8) is 0 Å². The van der Waals surface area contributed by atoms with E-state index in [2.05, 4.69) is 15.9 Å². The zero-order valence-corrected chi connectivity index (χ0v) is 9.93. The van der Waals surface area contributed by atoms with Crippen LogP contribution in [0.5, 0.6) is 0 Å². The van der Waals surface area contributed by atoms with Crippen molar-refractivity contribution in [2.45, 2.75) is 25.3 Å². The normalized spacial score (nSPS) is 23.7. The molecule has 0 amide bonds. The summed E-state index contributed by atoms with van der Waals surface area (Å²) in [6.45, 7) is 0. The fraction of sp³-hybridized carbons (Fsp3) is 0.333. The van der Waals surface area contributed by atoms with E-state index >= 15 is 0 Å². The van der Waals surface area contributed by atoms with Crippen molar-refractivity contribution in [1.82, 2.24) is 0 Å². The van der Waals surface area contributed by atoms with Crippen LogP contribution in [-0.2, 0) is 0 Å². The van der Waals surface area contributed by atoms with Crippen LogP contribution in [-0.4, -0.2) is 6.04 Å². The van der Waals surface area contributed by atoms with Gasteiger partial charge in [-0.05, 0) is 37.5 Å². The number of benzene rings is 1. The highest BCUT2D eigenvalue weighted by Crippen LogP contribution is 2.27. The highest BCUT2D eigenvalue weighted by atomic mass is 79.9. The fourth-order valence-corrected chi connectivity index (χ4v) is 2.27. The molecule has 1 unspecified atom stereocenters. The number of halogens is 2. The first-order chi connectivity index (χ1) is 7.15. The third-order valence-corrected chi connectivity index (χ3v) is 3.17. The van der Waals surface area contributed by atoms with Gasteiger partial charge in [0.25, 0.3) is 0 Å². The summed E-state index contributed by atoms with van der Waals surface area (Å²) in [6.07, 6.45) is 4.83. The zero-order valence-electron chi connectivity index (χ0n) is 8.34. The molecule has 3 heteroatoms. The minimum absolute atomic E-state index is 0.175. The van der Waals surface area contributed by atoms with Crippen LogP contribution in [0.4, 0.5) is 4.39 Å². The van der Waals surface area contributed by atoms with E-state index in [4.69, 9.17) is 5.73 Å². The van der Waals surface area contributed by atoms with Crippen molar-refractivity contribution >= 4 is 22.0 Å². The number of hydrogen-bond acceptors (Lipinski definition) is 1. The van der Waals surface area contributed by atoms with E-state index in [0.717, 1.165) is 23.7 Å². The van der Waals surface area contributed by atoms with Crippen molar-refractivity contribution in [2.75, 3.05) is 0 Å². The van der Waals surface area contributed by atoms with Crippen molar-refractivity contribution in [2.24, 2.45) is 5.73 Å². The van der Waals surface area contributed by atoms with Gasteiger partial charge in [0.1, 0.15) is 5.82 Å². The Morgan fingerprint density at radius 2 is 2.27 bits per heavy atom. The largest absolute Gasteiger partial charge is 0.327 e. The Bertz CT molecular complexity index is 401. The molecule has 1 saturated carbocycles. The second-order valence-corrected chi connectivity index (χ2v) is 4.89. The van der Waals surface area contributed by atoms with Gasteiger partial charge >= 0.3 is 0 Å². The molecule has 0 radical (unpaired) electrons. The highest BCUT2D eigenvalue weighted by Gasteiger charge is 2.15. The summed E-state index contributed by atoms with van der Waals surface area (Å²) in [5.74, 6) is -0.175. The Balaban J connectivity index is 2.26. The van der Waals surface area contributed by atoms with Crippen LogP contribution in [0, 0.1) is 5.82 Å².